The van der Waals surface area contributed by atoms with Crippen LogP contribution in [0.2, 0.25) is 0 Å². The maximum atomic E-state index is 12.8. The van der Waals surface area contributed by atoms with Crippen molar-refractivity contribution < 1.29 is 27.9 Å². The summed E-state index contributed by atoms with van der Waals surface area (Å²) in [5, 5.41) is 12.4. The average Bonchev–Trinajstić information content (AvgIpc) is 3.01. The monoisotopic (exact) mass is 392 g/mol. The number of likely N-dealkylation sites (tertiary alicyclic amines) is 1. The van der Waals surface area contributed by atoms with E-state index in [9.17, 15) is 27.9 Å². The van der Waals surface area contributed by atoms with Crippen LogP contribution in [0.25, 0.3) is 0 Å². The number of halogens is 3. The summed E-state index contributed by atoms with van der Waals surface area (Å²) in [5.74, 6) is -1.12. The first kappa shape index (κ1) is 19.7. The Hall–Kier alpha value is -3.03. The summed E-state index contributed by atoms with van der Waals surface area (Å²) in [7, 11) is 0. The number of alkyl halides is 3. The Balaban J connectivity index is 1.59. The lowest BCUT2D eigenvalue weighted by molar-refractivity contribution is -0.137. The Morgan fingerprint density at radius 1 is 1.18 bits per heavy atom. The predicted molar refractivity (Wildman–Crippen MR) is 94.9 cm³/mol. The number of hydrogen-bond acceptors (Lipinski definition) is 3. The molecule has 1 aliphatic rings. The van der Waals surface area contributed by atoms with Gasteiger partial charge in [-0.1, -0.05) is 30.3 Å². The molecule has 1 aliphatic heterocycles. The maximum Gasteiger partial charge on any atom is 0.416 e. The molecule has 0 radical (unpaired) electrons. The van der Waals surface area contributed by atoms with Crippen LogP contribution in [0, 0.1) is 5.92 Å². The molecule has 28 heavy (non-hydrogen) atoms. The zero-order chi connectivity index (χ0) is 20.3. The number of amides is 2. The molecule has 1 atom stereocenters. The van der Waals surface area contributed by atoms with Crippen molar-refractivity contribution in [1.82, 2.24) is 10.2 Å². The summed E-state index contributed by atoms with van der Waals surface area (Å²) in [5.41, 5.74) is 0.146. The number of benzene rings is 2. The molecule has 1 heterocycles. The van der Waals surface area contributed by atoms with Gasteiger partial charge in [0, 0.05) is 31.6 Å². The summed E-state index contributed by atoms with van der Waals surface area (Å²) in [4.78, 5) is 25.9. The molecule has 8 heteroatoms. The van der Waals surface area contributed by atoms with Crippen molar-refractivity contribution in [1.29, 1.82) is 0 Å². The van der Waals surface area contributed by atoms with Crippen LogP contribution in [0.15, 0.2) is 48.5 Å². The Labute approximate surface area is 159 Å². The first-order valence-electron chi connectivity index (χ1n) is 8.72. The molecular weight excluding hydrogens is 373 g/mol. The molecule has 1 unspecified atom stereocenters. The Bertz CT molecular complexity index is 883. The van der Waals surface area contributed by atoms with E-state index in [1.165, 1.54) is 23.1 Å². The van der Waals surface area contributed by atoms with Gasteiger partial charge in [-0.15, -0.1) is 0 Å². The predicted octanol–water partition coefficient (Wildman–Crippen LogP) is 3.08. The summed E-state index contributed by atoms with van der Waals surface area (Å²) in [6.07, 6.45) is -4.44. The third-order valence-electron chi connectivity index (χ3n) is 4.66. The maximum absolute atomic E-state index is 12.8. The van der Waals surface area contributed by atoms with Crippen molar-refractivity contribution in [2.45, 2.75) is 25.7 Å². The minimum Gasteiger partial charge on any atom is -0.508 e. The van der Waals surface area contributed by atoms with E-state index in [2.05, 4.69) is 5.32 Å². The van der Waals surface area contributed by atoms with Gasteiger partial charge in [0.25, 0.3) is 0 Å². The van der Waals surface area contributed by atoms with Crippen molar-refractivity contribution in [3.05, 3.63) is 65.2 Å². The number of aromatic hydroxyl groups is 1. The molecule has 148 valence electrons. The van der Waals surface area contributed by atoms with Crippen LogP contribution in [0.5, 0.6) is 5.75 Å². The Kier molecular flexibility index (Phi) is 5.58. The molecule has 1 saturated heterocycles. The number of phenolic OH excluding ortho intramolecular Hbond substituents is 1. The zero-order valence-electron chi connectivity index (χ0n) is 14.9. The molecule has 0 saturated carbocycles. The lowest BCUT2D eigenvalue weighted by Crippen LogP contribution is -2.32. The second-order valence-electron chi connectivity index (χ2n) is 6.72. The van der Waals surface area contributed by atoms with E-state index >= 15 is 0 Å². The summed E-state index contributed by atoms with van der Waals surface area (Å²) in [6.45, 7) is 0.289. The number of hydrogen-bond donors (Lipinski definition) is 2. The van der Waals surface area contributed by atoms with Crippen LogP contribution < -0.4 is 5.32 Å². The molecule has 2 aromatic rings. The summed E-state index contributed by atoms with van der Waals surface area (Å²) in [6, 6.07) is 11.4. The second kappa shape index (κ2) is 7.92. The number of nitrogens with one attached hydrogen (secondary N) is 1. The molecule has 0 aliphatic carbocycles. The summed E-state index contributed by atoms with van der Waals surface area (Å²) < 4.78 is 38.5. The fourth-order valence-electron chi connectivity index (χ4n) is 3.15. The van der Waals surface area contributed by atoms with E-state index in [-0.39, 0.29) is 43.6 Å². The van der Waals surface area contributed by atoms with Gasteiger partial charge in [0.15, 0.2) is 0 Å². The molecule has 1 fully saturated rings. The minimum absolute atomic E-state index is 0.00552. The van der Waals surface area contributed by atoms with Crippen molar-refractivity contribution in [2.75, 3.05) is 6.54 Å². The highest BCUT2D eigenvalue weighted by molar-refractivity contribution is 5.89. The summed E-state index contributed by atoms with van der Waals surface area (Å²) >= 11 is 0. The van der Waals surface area contributed by atoms with Crippen molar-refractivity contribution in [3.63, 3.8) is 0 Å². The molecule has 2 N–H and O–H groups in total. The standard InChI is InChI=1S/C20H19F3N2O3/c21-20(22,23)16-6-3-4-13(8-16)11-25-12-15(9-18(25)27)19(28)24-10-14-5-1-2-7-17(14)26/h1-8,15,26H,9-12H2,(H,24,28). The van der Waals surface area contributed by atoms with Crippen LogP contribution >= 0.6 is 0 Å². The van der Waals surface area contributed by atoms with E-state index < -0.39 is 17.7 Å². The van der Waals surface area contributed by atoms with E-state index in [1.807, 2.05) is 0 Å². The van der Waals surface area contributed by atoms with Crippen molar-refractivity contribution in [3.8, 4) is 5.75 Å². The quantitative estimate of drug-likeness (QED) is 0.822. The average molecular weight is 392 g/mol. The van der Waals surface area contributed by atoms with Gasteiger partial charge in [-0.3, -0.25) is 9.59 Å². The SMILES string of the molecule is O=C(NCc1ccccc1O)C1CC(=O)N(Cc2cccc(C(F)(F)F)c2)C1. The van der Waals surface area contributed by atoms with E-state index in [0.29, 0.717) is 11.1 Å². The molecule has 0 spiro atoms. The number of para-hydroxylation sites is 1. The lowest BCUT2D eigenvalue weighted by atomic mass is 10.1. The van der Waals surface area contributed by atoms with Crippen LogP contribution in [-0.2, 0) is 28.9 Å². The van der Waals surface area contributed by atoms with Crippen molar-refractivity contribution in [2.24, 2.45) is 5.92 Å². The number of phenols is 1. The fourth-order valence-corrected chi connectivity index (χ4v) is 3.15. The molecule has 2 aromatic carbocycles. The van der Waals surface area contributed by atoms with Gasteiger partial charge in [-0.25, -0.2) is 0 Å². The van der Waals surface area contributed by atoms with Gasteiger partial charge in [-0.05, 0) is 23.8 Å². The topological polar surface area (TPSA) is 69.6 Å². The van der Waals surface area contributed by atoms with Gasteiger partial charge in [0.05, 0.1) is 11.5 Å². The van der Waals surface area contributed by atoms with E-state index in [4.69, 9.17) is 0 Å². The third-order valence-corrected chi connectivity index (χ3v) is 4.66. The largest absolute Gasteiger partial charge is 0.508 e. The van der Waals surface area contributed by atoms with Gasteiger partial charge < -0.3 is 15.3 Å². The highest BCUT2D eigenvalue weighted by Crippen LogP contribution is 2.30. The van der Waals surface area contributed by atoms with Crippen LogP contribution in [-0.4, -0.2) is 28.4 Å². The van der Waals surface area contributed by atoms with Crippen LogP contribution in [0.1, 0.15) is 23.1 Å². The highest BCUT2D eigenvalue weighted by Gasteiger charge is 2.35. The van der Waals surface area contributed by atoms with Gasteiger partial charge in [-0.2, -0.15) is 13.2 Å². The number of carbonyl (C=O) groups excluding carboxylic acids is 2. The lowest BCUT2D eigenvalue weighted by Gasteiger charge is -2.18. The zero-order valence-corrected chi connectivity index (χ0v) is 14.9. The van der Waals surface area contributed by atoms with Gasteiger partial charge >= 0.3 is 6.18 Å². The van der Waals surface area contributed by atoms with Gasteiger partial charge in [0.2, 0.25) is 11.8 Å². The van der Waals surface area contributed by atoms with Crippen LogP contribution in [0.3, 0.4) is 0 Å². The normalized spacial score (nSPS) is 17.0. The van der Waals surface area contributed by atoms with Gasteiger partial charge in [0.1, 0.15) is 5.75 Å². The van der Waals surface area contributed by atoms with E-state index in [1.54, 1.807) is 18.2 Å². The Morgan fingerprint density at radius 3 is 2.64 bits per heavy atom. The molecule has 2 amide bonds. The van der Waals surface area contributed by atoms with Crippen molar-refractivity contribution >= 4 is 11.8 Å². The molecule has 0 bridgehead atoms. The number of nitrogens with zero attached hydrogens (tertiary/aromatic N) is 1. The second-order valence-corrected chi connectivity index (χ2v) is 6.72. The fraction of sp³-hybridized carbons (Fsp3) is 0.300. The molecule has 3 rings (SSSR count). The molecule has 0 aromatic heterocycles. The van der Waals surface area contributed by atoms with E-state index in [0.717, 1.165) is 12.1 Å². The van der Waals surface area contributed by atoms with Crippen LogP contribution in [0.4, 0.5) is 13.2 Å². The highest BCUT2D eigenvalue weighted by atomic mass is 19.4. The minimum atomic E-state index is -4.45. The molecule has 5 nitrogen and oxygen atoms in total. The smallest absolute Gasteiger partial charge is 0.416 e. The number of carbonyl (C=O) groups is 2. The Morgan fingerprint density at radius 2 is 1.93 bits per heavy atom. The molecular formula is C20H19F3N2O3. The third kappa shape index (κ3) is 4.62. The number of rotatable bonds is 5. The first-order valence-corrected chi connectivity index (χ1v) is 8.72. The first-order chi connectivity index (χ1) is 13.2.